The molecular formula is C18H29N3O8P6S. The van der Waals surface area contributed by atoms with Crippen molar-refractivity contribution in [1.82, 2.24) is 9.68 Å². The Balaban J connectivity index is 1.90. The van der Waals surface area contributed by atoms with Gasteiger partial charge >= 0.3 is 15.2 Å². The van der Waals surface area contributed by atoms with E-state index in [-0.39, 0.29) is 6.54 Å². The molecule has 0 saturated heterocycles. The second kappa shape index (κ2) is 14.8. The Kier molecular flexibility index (Phi) is 13.1. The van der Waals surface area contributed by atoms with Crippen LogP contribution in [0.25, 0.3) is 0 Å². The summed E-state index contributed by atoms with van der Waals surface area (Å²) in [5.41, 5.74) is 1.68. The molecule has 0 heterocycles. The highest BCUT2D eigenvalue weighted by molar-refractivity contribution is 8.41. The molecule has 200 valence electrons. The van der Waals surface area contributed by atoms with E-state index in [9.17, 15) is 9.13 Å². The lowest BCUT2D eigenvalue weighted by Crippen LogP contribution is -2.28. The summed E-state index contributed by atoms with van der Waals surface area (Å²) in [6, 6.07) is 14.4. The van der Waals surface area contributed by atoms with Gasteiger partial charge in [-0.1, -0.05) is 30.0 Å². The van der Waals surface area contributed by atoms with Gasteiger partial charge in [-0.2, -0.15) is 5.10 Å². The molecule has 11 nitrogen and oxygen atoms in total. The van der Waals surface area contributed by atoms with Crippen molar-refractivity contribution in [2.24, 2.45) is 5.10 Å². The summed E-state index contributed by atoms with van der Waals surface area (Å²) >= 11 is 5.46. The fourth-order valence-corrected chi connectivity index (χ4v) is 6.65. The van der Waals surface area contributed by atoms with Crippen LogP contribution in [0.2, 0.25) is 0 Å². The molecule has 3 unspecified atom stereocenters. The zero-order chi connectivity index (χ0) is 26.9. The van der Waals surface area contributed by atoms with Gasteiger partial charge < -0.3 is 28.6 Å². The first-order valence-electron chi connectivity index (χ1n) is 10.2. The molecule has 36 heavy (non-hydrogen) atoms. The molecule has 0 aliphatic heterocycles. The van der Waals surface area contributed by atoms with Crippen molar-refractivity contribution >= 4 is 65.7 Å². The SMILES string of the molecule is CN(/N=C/c1ccc(OP(P)P)cc1)[PH](=S)Oc1ccc(CCN(CP(=O)(O)O)CP(=O)(O)O)cc1. The molecule has 0 radical (unpaired) electrons. The minimum Gasteiger partial charge on any atom is -0.466 e. The maximum atomic E-state index is 11.3. The zero-order valence-electron chi connectivity index (χ0n) is 19.2. The fourth-order valence-electron chi connectivity index (χ4n) is 2.82. The summed E-state index contributed by atoms with van der Waals surface area (Å²) in [4.78, 5) is 37.7. The van der Waals surface area contributed by atoms with E-state index in [1.54, 1.807) is 42.3 Å². The van der Waals surface area contributed by atoms with Gasteiger partial charge in [0.15, 0.2) is 0 Å². The molecule has 0 fully saturated rings. The average Bonchev–Trinajstić information content (AvgIpc) is 2.75. The Morgan fingerprint density at radius 3 is 2.03 bits per heavy atom. The molecule has 0 saturated carbocycles. The third-order valence-corrected chi connectivity index (χ3v) is 9.04. The maximum absolute atomic E-state index is 11.3. The lowest BCUT2D eigenvalue weighted by Gasteiger charge is -2.23. The van der Waals surface area contributed by atoms with Crippen LogP contribution in [0.4, 0.5) is 0 Å². The van der Waals surface area contributed by atoms with Gasteiger partial charge in [0.2, 0.25) is 7.07 Å². The van der Waals surface area contributed by atoms with Crippen molar-refractivity contribution in [2.45, 2.75) is 6.42 Å². The fraction of sp³-hybridized carbons (Fsp3) is 0.278. The number of hydrogen-bond donors (Lipinski definition) is 4. The second-order valence-corrected chi connectivity index (χ2v) is 19.0. The Morgan fingerprint density at radius 2 is 1.53 bits per heavy atom. The van der Waals surface area contributed by atoms with Gasteiger partial charge in [-0.25, -0.2) is 4.78 Å². The van der Waals surface area contributed by atoms with Gasteiger partial charge in [-0.3, -0.25) is 14.0 Å². The minimum atomic E-state index is -4.46. The van der Waals surface area contributed by atoms with Crippen LogP contribution in [-0.2, 0) is 27.4 Å². The summed E-state index contributed by atoms with van der Waals surface area (Å²) in [7, 11) is -4.53. The zero-order valence-corrected chi connectivity index (χ0v) is 26.0. The summed E-state index contributed by atoms with van der Waals surface area (Å²) in [5.74, 6) is 1.31. The quantitative estimate of drug-likeness (QED) is 0.136. The van der Waals surface area contributed by atoms with E-state index >= 15 is 0 Å². The summed E-state index contributed by atoms with van der Waals surface area (Å²) < 4.78 is 35.6. The molecule has 0 aromatic heterocycles. The molecule has 0 aliphatic carbocycles. The molecule has 2 aromatic rings. The number of rotatable bonds is 14. The topological polar surface area (TPSA) is 152 Å². The van der Waals surface area contributed by atoms with Crippen LogP contribution in [0.5, 0.6) is 11.5 Å². The molecule has 2 rings (SSSR count). The third-order valence-electron chi connectivity index (χ3n) is 4.35. The van der Waals surface area contributed by atoms with Gasteiger partial charge in [0.1, 0.15) is 31.6 Å². The molecular weight excluding hydrogens is 604 g/mol. The van der Waals surface area contributed by atoms with Crippen LogP contribution >= 0.6 is 47.6 Å². The van der Waals surface area contributed by atoms with E-state index in [4.69, 9.17) is 40.4 Å². The number of nitrogens with zero attached hydrogens (tertiary/aromatic N) is 3. The van der Waals surface area contributed by atoms with Gasteiger partial charge in [0, 0.05) is 13.6 Å². The highest BCUT2D eigenvalue weighted by atomic mass is 32.4. The third kappa shape index (κ3) is 13.5. The highest BCUT2D eigenvalue weighted by Crippen LogP contribution is 2.53. The van der Waals surface area contributed by atoms with E-state index < -0.39 is 42.4 Å². The lowest BCUT2D eigenvalue weighted by atomic mass is 10.1. The van der Waals surface area contributed by atoms with Crippen molar-refractivity contribution in [3.05, 3.63) is 59.7 Å². The van der Waals surface area contributed by atoms with Crippen LogP contribution in [0, 0.1) is 0 Å². The Morgan fingerprint density at radius 1 is 1.00 bits per heavy atom. The largest absolute Gasteiger partial charge is 0.466 e. The first-order valence-corrected chi connectivity index (χ1v) is 20.8. The number of hydrogen-bond acceptors (Lipinski definition) is 7. The second-order valence-electron chi connectivity index (χ2n) is 7.56. The van der Waals surface area contributed by atoms with Crippen LogP contribution in [0.3, 0.4) is 0 Å². The molecule has 0 spiro atoms. The van der Waals surface area contributed by atoms with E-state index in [0.29, 0.717) is 12.2 Å². The monoisotopic (exact) mass is 633 g/mol. The molecule has 18 heteroatoms. The smallest absolute Gasteiger partial charge is 0.339 e. The maximum Gasteiger partial charge on any atom is 0.339 e. The lowest BCUT2D eigenvalue weighted by molar-refractivity contribution is 0.279. The van der Waals surface area contributed by atoms with Crippen molar-refractivity contribution in [1.29, 1.82) is 0 Å². The summed E-state index contributed by atoms with van der Waals surface area (Å²) in [6.07, 6.45) is 0.542. The average molecular weight is 633 g/mol. The van der Waals surface area contributed by atoms with Crippen LogP contribution in [0.1, 0.15) is 11.1 Å². The first kappa shape index (κ1) is 31.9. The van der Waals surface area contributed by atoms with Crippen molar-refractivity contribution in [3.63, 3.8) is 0 Å². The van der Waals surface area contributed by atoms with Crippen molar-refractivity contribution in [2.75, 3.05) is 26.2 Å². The highest BCUT2D eigenvalue weighted by Gasteiger charge is 2.25. The predicted octanol–water partition coefficient (Wildman–Crippen LogP) is 4.01. The van der Waals surface area contributed by atoms with Gasteiger partial charge in [0.25, 0.3) is 0 Å². The predicted molar refractivity (Wildman–Crippen MR) is 156 cm³/mol. The van der Waals surface area contributed by atoms with Crippen LogP contribution < -0.4 is 9.05 Å². The molecule has 3 atom stereocenters. The first-order chi connectivity index (χ1) is 16.7. The van der Waals surface area contributed by atoms with Crippen molar-refractivity contribution < 1.29 is 37.8 Å². The number of benzene rings is 2. The standard InChI is InChI=1S/C18H29N3O8P6S/c1-20(19-12-16-4-8-18(9-5-16)29-33(30)31)32(36)28-17-6-2-15(3-7-17)10-11-21(13-34(22,23)24)14-35(25,26)27/h2-9,12,32H,10-11,13-14,30-31H2,1H3,(H2,22,23,24)(H2,25,26,27)/b19-12+. The Hall–Kier alpha value is -0.290. The van der Waals surface area contributed by atoms with E-state index in [0.717, 1.165) is 21.8 Å². The summed E-state index contributed by atoms with van der Waals surface area (Å²) in [6.45, 7) is 0.0629. The van der Waals surface area contributed by atoms with Gasteiger partial charge in [-0.05, 0) is 65.8 Å². The van der Waals surface area contributed by atoms with E-state index in [2.05, 4.69) is 23.0 Å². The Labute approximate surface area is 221 Å². The molecule has 0 aliphatic rings. The normalized spacial score (nSPS) is 13.4. The molecule has 0 bridgehead atoms. The van der Waals surface area contributed by atoms with Crippen LogP contribution in [-0.4, -0.2) is 61.6 Å². The van der Waals surface area contributed by atoms with Gasteiger partial charge in [0.05, 0.1) is 6.21 Å². The van der Waals surface area contributed by atoms with E-state index in [1.807, 2.05) is 24.3 Å². The van der Waals surface area contributed by atoms with E-state index in [1.165, 1.54) is 0 Å². The minimum absolute atomic E-state index is 0.0629. The molecule has 2 aromatic carbocycles. The van der Waals surface area contributed by atoms with Gasteiger partial charge in [-0.15, -0.1) is 0 Å². The molecule has 0 amide bonds. The summed E-state index contributed by atoms with van der Waals surface area (Å²) in [5, 5.41) is 4.35. The number of hydrazone groups is 1. The Bertz CT molecular complexity index is 1100. The van der Waals surface area contributed by atoms with Crippen LogP contribution in [0.15, 0.2) is 53.6 Å². The molecule has 4 N–H and O–H groups in total. The van der Waals surface area contributed by atoms with Crippen molar-refractivity contribution in [3.8, 4) is 11.5 Å².